The largest absolute Gasteiger partial charge is 0.494 e. The van der Waals surface area contributed by atoms with Crippen molar-refractivity contribution in [3.8, 4) is 23.0 Å². The quantitative estimate of drug-likeness (QED) is 0.0268. The second-order valence-electron chi connectivity index (χ2n) is 11.7. The lowest BCUT2D eigenvalue weighted by Crippen LogP contribution is -2.08. The number of nitrogens with zero attached hydrogens (tertiary/aromatic N) is 6. The summed E-state index contributed by atoms with van der Waals surface area (Å²) >= 11 is 0. The normalized spacial score (nSPS) is 11.2. The van der Waals surface area contributed by atoms with E-state index in [-0.39, 0.29) is 0 Å². The Kier molecular flexibility index (Phi) is 14.9. The van der Waals surface area contributed by atoms with E-state index in [1.807, 2.05) is 30.3 Å². The van der Waals surface area contributed by atoms with Gasteiger partial charge >= 0.3 is 11.9 Å². The van der Waals surface area contributed by atoms with Gasteiger partial charge in [-0.2, -0.15) is 20.5 Å². The van der Waals surface area contributed by atoms with Crippen LogP contribution in [-0.2, 0) is 9.53 Å². The second-order valence-corrected chi connectivity index (χ2v) is 11.7. The predicted octanol–water partition coefficient (Wildman–Crippen LogP) is 11.8. The zero-order chi connectivity index (χ0) is 38.7. The standard InChI is InChI=1S/C42H40N6O7/c1-4-41(49)54-27-11-6-5-10-26-53-35-20-14-30(15-21-35)42(50)55-36-22-16-32(17-23-36)44-46-34-19-25-38(40(29-34)52-3)48-47-37-24-18-33(28-39(37)51-2)45-43-31-12-8-7-9-13-31/h4,7-9,12-25,28-29H,1,5-6,10-11,26-27H2,2-3H3. The first-order valence-electron chi connectivity index (χ1n) is 17.4. The molecule has 0 bridgehead atoms. The van der Waals surface area contributed by atoms with Crippen LogP contribution in [0.4, 0.5) is 34.1 Å². The van der Waals surface area contributed by atoms with E-state index in [1.165, 1.54) is 7.11 Å². The first-order valence-corrected chi connectivity index (χ1v) is 17.4. The van der Waals surface area contributed by atoms with Crippen LogP contribution >= 0.6 is 0 Å². The van der Waals surface area contributed by atoms with Gasteiger partial charge in [-0.1, -0.05) is 24.8 Å². The van der Waals surface area contributed by atoms with Crippen LogP contribution in [-0.4, -0.2) is 39.4 Å². The highest BCUT2D eigenvalue weighted by Crippen LogP contribution is 2.37. The number of rotatable bonds is 19. The Balaban J connectivity index is 1.09. The second kappa shape index (κ2) is 20.9. The Hall–Kier alpha value is -7.02. The molecule has 0 atom stereocenters. The van der Waals surface area contributed by atoms with Gasteiger partial charge in [-0.05, 0) is 111 Å². The molecule has 0 aliphatic rings. The molecule has 55 heavy (non-hydrogen) atoms. The summed E-state index contributed by atoms with van der Waals surface area (Å²) in [6.07, 6.45) is 4.70. The molecule has 0 spiro atoms. The Labute approximate surface area is 319 Å². The van der Waals surface area contributed by atoms with Crippen molar-refractivity contribution in [2.75, 3.05) is 27.4 Å². The topological polar surface area (TPSA) is 154 Å². The van der Waals surface area contributed by atoms with Crippen molar-refractivity contribution in [2.45, 2.75) is 25.7 Å². The average Bonchev–Trinajstić information content (AvgIpc) is 3.23. The molecule has 0 aliphatic carbocycles. The fraction of sp³-hybridized carbons (Fsp3) is 0.190. The van der Waals surface area contributed by atoms with E-state index in [1.54, 1.807) is 92.0 Å². The summed E-state index contributed by atoms with van der Waals surface area (Å²) in [6.45, 7) is 4.30. The van der Waals surface area contributed by atoms with Gasteiger partial charge in [-0.3, -0.25) is 0 Å². The van der Waals surface area contributed by atoms with Crippen LogP contribution in [0.2, 0.25) is 0 Å². The first-order chi connectivity index (χ1) is 26.9. The maximum absolute atomic E-state index is 12.7. The minimum absolute atomic E-state index is 0.364. The number of hydrogen-bond acceptors (Lipinski definition) is 13. The van der Waals surface area contributed by atoms with Crippen LogP contribution in [0.15, 0.2) is 159 Å². The van der Waals surface area contributed by atoms with E-state index in [9.17, 15) is 9.59 Å². The number of unbranched alkanes of at least 4 members (excludes halogenated alkanes) is 3. The molecule has 0 heterocycles. The smallest absolute Gasteiger partial charge is 0.343 e. The fourth-order valence-corrected chi connectivity index (χ4v) is 4.87. The van der Waals surface area contributed by atoms with Crippen LogP contribution in [0.5, 0.6) is 23.0 Å². The molecule has 0 aliphatic heterocycles. The van der Waals surface area contributed by atoms with Crippen molar-refractivity contribution in [3.63, 3.8) is 0 Å². The number of ether oxygens (including phenoxy) is 5. The predicted molar refractivity (Wildman–Crippen MR) is 208 cm³/mol. The van der Waals surface area contributed by atoms with Crippen LogP contribution in [0.25, 0.3) is 0 Å². The van der Waals surface area contributed by atoms with E-state index in [0.717, 1.165) is 37.4 Å². The number of esters is 2. The van der Waals surface area contributed by atoms with E-state index in [4.69, 9.17) is 23.7 Å². The molecule has 0 fully saturated rings. The van der Waals surface area contributed by atoms with Gasteiger partial charge in [0.25, 0.3) is 0 Å². The molecule has 13 nitrogen and oxygen atoms in total. The number of carbonyl (C=O) groups is 2. The molecular weight excluding hydrogens is 700 g/mol. The van der Waals surface area contributed by atoms with Gasteiger partial charge < -0.3 is 23.7 Å². The number of azo groups is 3. The molecule has 0 unspecified atom stereocenters. The van der Waals surface area contributed by atoms with Gasteiger partial charge in [0.05, 0.1) is 55.7 Å². The Morgan fingerprint density at radius 1 is 0.564 bits per heavy atom. The fourth-order valence-electron chi connectivity index (χ4n) is 4.87. The summed E-state index contributed by atoms with van der Waals surface area (Å²) in [5.74, 6) is 1.06. The summed E-state index contributed by atoms with van der Waals surface area (Å²) in [6, 6.07) is 33.3. The number of carbonyl (C=O) groups excluding carboxylic acids is 2. The molecule has 0 saturated heterocycles. The molecule has 0 amide bonds. The summed E-state index contributed by atoms with van der Waals surface area (Å²) in [5, 5.41) is 25.8. The molecule has 0 aromatic heterocycles. The van der Waals surface area contributed by atoms with Gasteiger partial charge in [0, 0.05) is 18.2 Å². The zero-order valence-corrected chi connectivity index (χ0v) is 30.5. The zero-order valence-electron chi connectivity index (χ0n) is 30.5. The third-order valence-corrected chi connectivity index (χ3v) is 7.77. The van der Waals surface area contributed by atoms with Gasteiger partial charge in [-0.15, -0.1) is 10.2 Å². The molecular formula is C42H40N6O7. The highest BCUT2D eigenvalue weighted by molar-refractivity contribution is 5.91. The molecule has 5 aromatic carbocycles. The molecule has 13 heteroatoms. The minimum atomic E-state index is -0.497. The number of methoxy groups -OCH3 is 2. The van der Waals surface area contributed by atoms with Crippen molar-refractivity contribution in [1.82, 2.24) is 0 Å². The summed E-state index contributed by atoms with van der Waals surface area (Å²) in [7, 11) is 3.08. The van der Waals surface area contributed by atoms with Crippen LogP contribution < -0.4 is 18.9 Å². The molecule has 0 radical (unpaired) electrons. The molecule has 5 rings (SSSR count). The molecule has 5 aromatic rings. The van der Waals surface area contributed by atoms with Crippen molar-refractivity contribution < 1.29 is 33.3 Å². The Morgan fingerprint density at radius 3 is 1.64 bits per heavy atom. The van der Waals surface area contributed by atoms with Gasteiger partial charge in [0.15, 0.2) is 0 Å². The third-order valence-electron chi connectivity index (χ3n) is 7.77. The highest BCUT2D eigenvalue weighted by atomic mass is 16.5. The van der Waals surface area contributed by atoms with Gasteiger partial charge in [0.2, 0.25) is 0 Å². The number of hydrogen-bond donors (Lipinski definition) is 0. The monoisotopic (exact) mass is 740 g/mol. The first kappa shape index (κ1) is 39.2. The van der Waals surface area contributed by atoms with Crippen LogP contribution in [0.3, 0.4) is 0 Å². The summed E-state index contributed by atoms with van der Waals surface area (Å²) in [5.41, 5.74) is 3.82. The number of benzene rings is 5. The lowest BCUT2D eigenvalue weighted by molar-refractivity contribution is -0.137. The lowest BCUT2D eigenvalue weighted by Gasteiger charge is -2.08. The van der Waals surface area contributed by atoms with E-state index >= 15 is 0 Å². The average molecular weight is 741 g/mol. The Morgan fingerprint density at radius 2 is 1.07 bits per heavy atom. The van der Waals surface area contributed by atoms with Crippen molar-refractivity contribution in [3.05, 3.63) is 133 Å². The van der Waals surface area contributed by atoms with Crippen LogP contribution in [0, 0.1) is 0 Å². The van der Waals surface area contributed by atoms with Crippen molar-refractivity contribution in [2.24, 2.45) is 30.7 Å². The van der Waals surface area contributed by atoms with Crippen molar-refractivity contribution >= 4 is 46.1 Å². The lowest BCUT2D eigenvalue weighted by atomic mass is 10.2. The third kappa shape index (κ3) is 12.6. The van der Waals surface area contributed by atoms with Gasteiger partial charge in [0.1, 0.15) is 34.4 Å². The van der Waals surface area contributed by atoms with E-state index in [0.29, 0.717) is 70.2 Å². The van der Waals surface area contributed by atoms with Crippen molar-refractivity contribution in [1.29, 1.82) is 0 Å². The summed E-state index contributed by atoms with van der Waals surface area (Å²) in [4.78, 5) is 23.8. The molecule has 0 N–H and O–H groups in total. The SMILES string of the molecule is C=CC(=O)OCCCCCCOc1ccc(C(=O)Oc2ccc(N=Nc3ccc(N=Nc4ccc(N=Nc5ccccc5)cc4OC)c(OC)c3)cc2)cc1. The molecule has 280 valence electrons. The van der Waals surface area contributed by atoms with Crippen LogP contribution in [0.1, 0.15) is 36.0 Å². The summed E-state index contributed by atoms with van der Waals surface area (Å²) < 4.78 is 27.3. The van der Waals surface area contributed by atoms with E-state index in [2.05, 4.69) is 37.3 Å². The minimum Gasteiger partial charge on any atom is -0.494 e. The van der Waals surface area contributed by atoms with Gasteiger partial charge in [-0.25, -0.2) is 9.59 Å². The molecule has 0 saturated carbocycles. The Bertz CT molecular complexity index is 2120. The highest BCUT2D eigenvalue weighted by Gasteiger charge is 2.10. The maximum atomic E-state index is 12.7. The maximum Gasteiger partial charge on any atom is 0.343 e. The van der Waals surface area contributed by atoms with E-state index < -0.39 is 11.9 Å².